The zero-order valence-electron chi connectivity index (χ0n) is 14.9. The lowest BCUT2D eigenvalue weighted by Crippen LogP contribution is -2.14. The maximum Gasteiger partial charge on any atom is 0.259 e. The first-order chi connectivity index (χ1) is 13.0. The summed E-state index contributed by atoms with van der Waals surface area (Å²) in [6.45, 7) is 3.96. The number of halogens is 1. The van der Waals surface area contributed by atoms with E-state index in [0.29, 0.717) is 17.0 Å². The van der Waals surface area contributed by atoms with Crippen LogP contribution in [0.2, 0.25) is 0 Å². The second kappa shape index (κ2) is 6.64. The van der Waals surface area contributed by atoms with Crippen LogP contribution in [0.4, 0.5) is 10.1 Å². The molecule has 4 aromatic rings. The highest BCUT2D eigenvalue weighted by molar-refractivity contribution is 6.08. The number of nitrogens with one attached hydrogen (secondary N) is 1. The molecule has 2 aromatic heterocycles. The first kappa shape index (κ1) is 16.9. The number of hydrogen-bond acceptors (Lipinski definition) is 3. The Morgan fingerprint density at radius 2 is 1.81 bits per heavy atom. The highest BCUT2D eigenvalue weighted by Gasteiger charge is 2.16. The van der Waals surface area contributed by atoms with E-state index in [1.165, 1.54) is 12.1 Å². The molecule has 0 saturated carbocycles. The van der Waals surface area contributed by atoms with Crippen LogP contribution in [0.25, 0.3) is 17.0 Å². The minimum absolute atomic E-state index is 0.259. The topological polar surface area (TPSA) is 59.3 Å². The summed E-state index contributed by atoms with van der Waals surface area (Å²) in [5.74, 6) is -0.0297. The summed E-state index contributed by atoms with van der Waals surface area (Å²) in [6, 6.07) is 15.3. The summed E-state index contributed by atoms with van der Waals surface area (Å²) in [7, 11) is 0. The van der Waals surface area contributed by atoms with E-state index in [-0.39, 0.29) is 11.7 Å². The van der Waals surface area contributed by atoms with E-state index in [4.69, 9.17) is 0 Å². The van der Waals surface area contributed by atoms with Crippen molar-refractivity contribution < 1.29 is 9.18 Å². The lowest BCUT2D eigenvalue weighted by Gasteiger charge is -2.10. The standard InChI is InChI=1S/C21H17FN4O/c1-13-5-10-18(14(2)12-13)23-21(27)17-4-3-11-26-19(24-25-20(17)26)15-6-8-16(22)9-7-15/h3-12H,1-2H3,(H,23,27). The predicted molar refractivity (Wildman–Crippen MR) is 102 cm³/mol. The Hall–Kier alpha value is -3.54. The molecule has 0 aliphatic heterocycles. The van der Waals surface area contributed by atoms with Crippen molar-refractivity contribution in [3.8, 4) is 11.4 Å². The number of aryl methyl sites for hydroxylation is 2. The average Bonchev–Trinajstić information content (AvgIpc) is 3.09. The second-order valence-electron chi connectivity index (χ2n) is 6.42. The number of aromatic nitrogens is 3. The van der Waals surface area contributed by atoms with Gasteiger partial charge in [0.2, 0.25) is 0 Å². The number of anilines is 1. The third-order valence-corrected chi connectivity index (χ3v) is 4.41. The predicted octanol–water partition coefficient (Wildman–Crippen LogP) is 4.40. The normalized spacial score (nSPS) is 10.9. The maximum atomic E-state index is 13.2. The summed E-state index contributed by atoms with van der Waals surface area (Å²) >= 11 is 0. The summed E-state index contributed by atoms with van der Waals surface area (Å²) < 4.78 is 14.9. The first-order valence-corrected chi connectivity index (χ1v) is 8.51. The van der Waals surface area contributed by atoms with Crippen LogP contribution in [0.5, 0.6) is 0 Å². The molecule has 134 valence electrons. The highest BCUT2D eigenvalue weighted by atomic mass is 19.1. The zero-order chi connectivity index (χ0) is 19.0. The van der Waals surface area contributed by atoms with Crippen molar-refractivity contribution in [3.05, 3.63) is 83.3 Å². The fourth-order valence-electron chi connectivity index (χ4n) is 3.03. The molecule has 1 amide bonds. The number of carbonyl (C=O) groups is 1. The third-order valence-electron chi connectivity index (χ3n) is 4.41. The molecule has 0 bridgehead atoms. The van der Waals surface area contributed by atoms with Crippen molar-refractivity contribution >= 4 is 17.2 Å². The minimum atomic E-state index is -0.318. The summed E-state index contributed by atoms with van der Waals surface area (Å²) in [4.78, 5) is 12.8. The zero-order valence-corrected chi connectivity index (χ0v) is 14.9. The largest absolute Gasteiger partial charge is 0.322 e. The van der Waals surface area contributed by atoms with Gasteiger partial charge < -0.3 is 5.32 Å². The van der Waals surface area contributed by atoms with Gasteiger partial charge in [0.1, 0.15) is 5.82 Å². The molecular formula is C21H17FN4O. The fraction of sp³-hybridized carbons (Fsp3) is 0.0952. The van der Waals surface area contributed by atoms with Crippen molar-refractivity contribution in [2.45, 2.75) is 13.8 Å². The van der Waals surface area contributed by atoms with Gasteiger partial charge in [-0.05, 0) is 61.9 Å². The number of carbonyl (C=O) groups excluding carboxylic acids is 1. The van der Waals surface area contributed by atoms with Gasteiger partial charge in [-0.2, -0.15) is 0 Å². The monoisotopic (exact) mass is 360 g/mol. The van der Waals surface area contributed by atoms with Gasteiger partial charge in [0, 0.05) is 17.4 Å². The van der Waals surface area contributed by atoms with Gasteiger partial charge in [-0.15, -0.1) is 10.2 Å². The minimum Gasteiger partial charge on any atom is -0.322 e. The van der Waals surface area contributed by atoms with Gasteiger partial charge in [-0.1, -0.05) is 17.7 Å². The van der Waals surface area contributed by atoms with Crippen LogP contribution in [-0.2, 0) is 0 Å². The quantitative estimate of drug-likeness (QED) is 0.589. The fourth-order valence-corrected chi connectivity index (χ4v) is 3.03. The smallest absolute Gasteiger partial charge is 0.259 e. The molecule has 0 radical (unpaired) electrons. The van der Waals surface area contributed by atoms with Gasteiger partial charge >= 0.3 is 0 Å². The van der Waals surface area contributed by atoms with E-state index in [1.54, 1.807) is 34.9 Å². The van der Waals surface area contributed by atoms with Gasteiger partial charge in [-0.3, -0.25) is 9.20 Å². The summed E-state index contributed by atoms with van der Waals surface area (Å²) in [5, 5.41) is 11.3. The van der Waals surface area contributed by atoms with E-state index in [2.05, 4.69) is 15.5 Å². The molecule has 2 aromatic carbocycles. The third kappa shape index (κ3) is 3.17. The Labute approximate surface area is 155 Å². The lowest BCUT2D eigenvalue weighted by molar-refractivity contribution is 0.102. The molecular weight excluding hydrogens is 343 g/mol. The van der Waals surface area contributed by atoms with Crippen LogP contribution in [0, 0.1) is 19.7 Å². The van der Waals surface area contributed by atoms with Crippen molar-refractivity contribution in [3.63, 3.8) is 0 Å². The second-order valence-corrected chi connectivity index (χ2v) is 6.42. The Balaban J connectivity index is 1.72. The van der Waals surface area contributed by atoms with Gasteiger partial charge in [-0.25, -0.2) is 4.39 Å². The molecule has 27 heavy (non-hydrogen) atoms. The highest BCUT2D eigenvalue weighted by Crippen LogP contribution is 2.22. The van der Waals surface area contributed by atoms with Crippen LogP contribution in [0.1, 0.15) is 21.5 Å². The SMILES string of the molecule is Cc1ccc(NC(=O)c2cccn3c(-c4ccc(F)cc4)nnc23)c(C)c1. The van der Waals surface area contributed by atoms with E-state index in [0.717, 1.165) is 22.4 Å². The Kier molecular flexibility index (Phi) is 4.16. The first-order valence-electron chi connectivity index (χ1n) is 8.51. The molecule has 0 aliphatic carbocycles. The Bertz CT molecular complexity index is 1150. The van der Waals surface area contributed by atoms with E-state index >= 15 is 0 Å². The van der Waals surface area contributed by atoms with Crippen molar-refractivity contribution in [2.24, 2.45) is 0 Å². The number of benzene rings is 2. The number of hydrogen-bond donors (Lipinski definition) is 1. The molecule has 0 spiro atoms. The maximum absolute atomic E-state index is 13.2. The molecule has 4 rings (SSSR count). The van der Waals surface area contributed by atoms with Crippen molar-refractivity contribution in [1.82, 2.24) is 14.6 Å². The molecule has 0 fully saturated rings. The van der Waals surface area contributed by atoms with Crippen LogP contribution >= 0.6 is 0 Å². The molecule has 5 nitrogen and oxygen atoms in total. The van der Waals surface area contributed by atoms with Crippen LogP contribution in [-0.4, -0.2) is 20.5 Å². The Morgan fingerprint density at radius 3 is 2.56 bits per heavy atom. The number of rotatable bonds is 3. The molecule has 1 N–H and O–H groups in total. The number of amides is 1. The molecule has 0 unspecified atom stereocenters. The number of nitrogens with zero attached hydrogens (tertiary/aromatic N) is 3. The van der Waals surface area contributed by atoms with Crippen molar-refractivity contribution in [2.75, 3.05) is 5.32 Å². The molecule has 2 heterocycles. The summed E-state index contributed by atoms with van der Waals surface area (Å²) in [6.07, 6.45) is 1.78. The van der Waals surface area contributed by atoms with Crippen LogP contribution in [0.15, 0.2) is 60.8 Å². The summed E-state index contributed by atoms with van der Waals surface area (Å²) in [5.41, 5.74) is 4.46. The number of pyridine rings is 1. The van der Waals surface area contributed by atoms with Crippen molar-refractivity contribution in [1.29, 1.82) is 0 Å². The molecule has 6 heteroatoms. The average molecular weight is 360 g/mol. The van der Waals surface area contributed by atoms with Crippen LogP contribution < -0.4 is 5.32 Å². The van der Waals surface area contributed by atoms with E-state index < -0.39 is 0 Å². The molecule has 0 saturated heterocycles. The van der Waals surface area contributed by atoms with Crippen LogP contribution in [0.3, 0.4) is 0 Å². The Morgan fingerprint density at radius 1 is 1.04 bits per heavy atom. The molecule has 0 atom stereocenters. The van der Waals surface area contributed by atoms with Gasteiger partial charge in [0.25, 0.3) is 5.91 Å². The van der Waals surface area contributed by atoms with E-state index in [1.807, 2.05) is 32.0 Å². The van der Waals surface area contributed by atoms with Gasteiger partial charge in [0.05, 0.1) is 5.56 Å². The number of fused-ring (bicyclic) bond motifs is 1. The molecule has 0 aliphatic rings. The lowest BCUT2D eigenvalue weighted by atomic mass is 10.1. The van der Waals surface area contributed by atoms with Gasteiger partial charge in [0.15, 0.2) is 11.5 Å². The van der Waals surface area contributed by atoms with E-state index in [9.17, 15) is 9.18 Å².